The zero-order valence-corrected chi connectivity index (χ0v) is 37.5. The Balaban J connectivity index is 0.000000214. The van der Waals surface area contributed by atoms with Gasteiger partial charge < -0.3 is 19.7 Å². The Hall–Kier alpha value is -2.62. The maximum atomic E-state index is 12.2. The van der Waals surface area contributed by atoms with Crippen LogP contribution in [0.25, 0.3) is 21.1 Å². The van der Waals surface area contributed by atoms with E-state index in [1.54, 1.807) is 12.4 Å². The number of nitrogens with zero attached hydrogens (tertiary/aromatic N) is 4. The summed E-state index contributed by atoms with van der Waals surface area (Å²) in [4.78, 5) is 44.2. The summed E-state index contributed by atoms with van der Waals surface area (Å²) in [6, 6.07) is 11.5. The lowest BCUT2D eigenvalue weighted by Crippen LogP contribution is -2.36. The summed E-state index contributed by atoms with van der Waals surface area (Å²) < 4.78 is 12.3. The molecule has 0 radical (unpaired) electrons. The molecule has 0 bridgehead atoms. The molecule has 6 rings (SSSR count). The molecular weight excluding hydrogens is 880 g/mol. The predicted molar refractivity (Wildman–Crippen MR) is 228 cm³/mol. The summed E-state index contributed by atoms with van der Waals surface area (Å²) in [5.41, 5.74) is -0.335. The van der Waals surface area contributed by atoms with Gasteiger partial charge in [0.05, 0.1) is 46.2 Å². The minimum absolute atomic E-state index is 0.0402. The number of pyridine rings is 2. The molecule has 2 atom stereocenters. The van der Waals surface area contributed by atoms with Crippen molar-refractivity contribution in [1.29, 1.82) is 0 Å². The molecule has 2 saturated carbocycles. The zero-order valence-electron chi connectivity index (χ0n) is 32.7. The molecule has 0 spiro atoms. The molecule has 0 amide bonds. The Morgan fingerprint density at radius 2 is 1.05 bits per heavy atom. The summed E-state index contributed by atoms with van der Waals surface area (Å²) in [7, 11) is 0. The van der Waals surface area contributed by atoms with Crippen LogP contribution < -0.4 is 0 Å². The topological polar surface area (TPSA) is 145 Å². The minimum Gasteiger partial charge on any atom is -0.465 e. The fraction of sp³-hybridized carbons (Fsp3) is 0.571. The molecule has 2 N–H and O–H groups in total. The second kappa shape index (κ2) is 20.9. The number of halogens is 2. The highest BCUT2D eigenvalue weighted by Gasteiger charge is 2.41. The lowest BCUT2D eigenvalue weighted by molar-refractivity contribution is -0.152. The van der Waals surface area contributed by atoms with Gasteiger partial charge in [-0.15, -0.1) is 22.7 Å². The lowest BCUT2D eigenvalue weighted by Gasteiger charge is -2.36. The monoisotopic (exact) mass is 932 g/mol. The number of carbonyl (C=O) groups is 2. The highest BCUT2D eigenvalue weighted by molar-refractivity contribution is 9.10. The van der Waals surface area contributed by atoms with Gasteiger partial charge in [-0.25, -0.2) is 19.9 Å². The van der Waals surface area contributed by atoms with Crippen molar-refractivity contribution < 1.29 is 29.3 Å². The van der Waals surface area contributed by atoms with Gasteiger partial charge >= 0.3 is 11.9 Å². The molecular formula is C42H54Br2N4O6S2. The van der Waals surface area contributed by atoms with Gasteiger partial charge in [-0.1, -0.05) is 38.8 Å². The normalized spacial score (nSPS) is 21.9. The lowest BCUT2D eigenvalue weighted by atomic mass is 9.74. The summed E-state index contributed by atoms with van der Waals surface area (Å²) in [6.45, 7) is 8.87. The summed E-state index contributed by atoms with van der Waals surface area (Å²) in [6.07, 6.45) is 13.7. The Labute approximate surface area is 355 Å². The molecule has 0 saturated heterocycles. The fourth-order valence-electron chi connectivity index (χ4n) is 7.35. The van der Waals surface area contributed by atoms with Crippen LogP contribution in [0.5, 0.6) is 0 Å². The molecule has 14 heteroatoms. The Bertz CT molecular complexity index is 1730. The van der Waals surface area contributed by atoms with Crippen molar-refractivity contribution >= 4 is 66.5 Å². The van der Waals surface area contributed by atoms with Crippen molar-refractivity contribution in [3.05, 3.63) is 68.0 Å². The second-order valence-corrected chi connectivity index (χ2v) is 18.9. The van der Waals surface area contributed by atoms with E-state index in [2.05, 4.69) is 65.6 Å². The zero-order chi connectivity index (χ0) is 40.3. The predicted octanol–water partition coefficient (Wildman–Crippen LogP) is 10.6. The van der Waals surface area contributed by atoms with Gasteiger partial charge in [-0.3, -0.25) is 9.59 Å². The Morgan fingerprint density at radius 1 is 0.679 bits per heavy atom. The van der Waals surface area contributed by atoms with Gasteiger partial charge in [0.2, 0.25) is 0 Å². The van der Waals surface area contributed by atoms with E-state index in [1.807, 2.05) is 50.2 Å². The van der Waals surface area contributed by atoms with Crippen LogP contribution in [0.2, 0.25) is 0 Å². The number of ether oxygens (including phenoxy) is 2. The van der Waals surface area contributed by atoms with Gasteiger partial charge in [-0.2, -0.15) is 0 Å². The number of unbranched alkanes of at least 4 members (excludes halogenated alkanes) is 2. The Morgan fingerprint density at radius 3 is 1.39 bits per heavy atom. The first-order valence-corrected chi connectivity index (χ1v) is 23.0. The van der Waals surface area contributed by atoms with Crippen LogP contribution in [0, 0.1) is 23.7 Å². The molecule has 4 aromatic heterocycles. The van der Waals surface area contributed by atoms with Crippen molar-refractivity contribution in [1.82, 2.24) is 19.9 Å². The highest BCUT2D eigenvalue weighted by Crippen LogP contribution is 2.45. The standard InChI is InChI=1S/2C21H27BrN2O3S/c2*1-3-4-12-27-19(25)14-8-10-15(11-9-14)21(2,26)20-23-13-17(28-20)16-6-5-7-18(22)24-16/h2*5-7,13-15,26H,3-4,8-12H2,1-2H3/t2*14?,15?,21-/m10/s1. The number of esters is 2. The maximum Gasteiger partial charge on any atom is 0.308 e. The minimum atomic E-state index is -1.01. The van der Waals surface area contributed by atoms with E-state index in [1.165, 1.54) is 22.7 Å². The van der Waals surface area contributed by atoms with Crippen molar-refractivity contribution in [3.8, 4) is 21.1 Å². The molecule has 2 aliphatic rings. The first-order chi connectivity index (χ1) is 26.8. The number of hydrogen-bond acceptors (Lipinski definition) is 12. The first-order valence-electron chi connectivity index (χ1n) is 19.8. The average Bonchev–Trinajstić information content (AvgIpc) is 3.91. The van der Waals surface area contributed by atoms with Crippen molar-refractivity contribution in [3.63, 3.8) is 0 Å². The van der Waals surface area contributed by atoms with Crippen LogP contribution in [0.4, 0.5) is 0 Å². The number of thiazole rings is 2. The van der Waals surface area contributed by atoms with E-state index < -0.39 is 11.2 Å². The number of rotatable bonds is 14. The molecule has 0 aromatic carbocycles. The number of carbonyl (C=O) groups excluding carboxylic acids is 2. The van der Waals surface area contributed by atoms with Crippen LogP contribution in [-0.2, 0) is 30.3 Å². The number of aromatic nitrogens is 4. The third kappa shape index (κ3) is 11.7. The summed E-state index contributed by atoms with van der Waals surface area (Å²) in [5, 5.41) is 23.9. The summed E-state index contributed by atoms with van der Waals surface area (Å²) >= 11 is 9.74. The van der Waals surface area contributed by atoms with Crippen LogP contribution in [0.15, 0.2) is 58.0 Å². The van der Waals surface area contributed by atoms with E-state index in [0.29, 0.717) is 23.2 Å². The highest BCUT2D eigenvalue weighted by atomic mass is 79.9. The molecule has 2 fully saturated rings. The average molecular weight is 935 g/mol. The van der Waals surface area contributed by atoms with E-state index in [-0.39, 0.29) is 35.6 Å². The largest absolute Gasteiger partial charge is 0.465 e. The van der Waals surface area contributed by atoms with Gasteiger partial charge in [0.1, 0.15) is 30.4 Å². The van der Waals surface area contributed by atoms with Gasteiger partial charge in [0, 0.05) is 12.4 Å². The first kappa shape index (κ1) is 44.5. The quantitative estimate of drug-likeness (QED) is 0.0712. The third-order valence-corrected chi connectivity index (χ3v) is 14.4. The molecule has 0 unspecified atom stereocenters. The SMILES string of the molecule is CCCCOC(=O)C1CCC([C@@](C)(O)c2ncc(-c3cccc(Br)n3)s2)CC1.CCCCOC(=O)C1CCC([C@](C)(O)c2ncc(-c3cccc(Br)n3)s2)CC1. The second-order valence-electron chi connectivity index (χ2n) is 15.2. The fourth-order valence-corrected chi connectivity index (χ4v) is 10.1. The maximum absolute atomic E-state index is 12.2. The molecule has 10 nitrogen and oxygen atoms in total. The van der Waals surface area contributed by atoms with E-state index in [0.717, 1.165) is 107 Å². The molecule has 4 heterocycles. The molecule has 304 valence electrons. The third-order valence-electron chi connectivity index (χ3n) is 11.0. The van der Waals surface area contributed by atoms with Crippen LogP contribution in [0.1, 0.15) is 115 Å². The van der Waals surface area contributed by atoms with Crippen molar-refractivity contribution in [2.24, 2.45) is 23.7 Å². The van der Waals surface area contributed by atoms with Crippen LogP contribution in [0.3, 0.4) is 0 Å². The summed E-state index contributed by atoms with van der Waals surface area (Å²) in [5.74, 6) is -0.0702. The van der Waals surface area contributed by atoms with Crippen molar-refractivity contribution in [2.45, 2.75) is 116 Å². The van der Waals surface area contributed by atoms with Gasteiger partial charge in [0.15, 0.2) is 0 Å². The van der Waals surface area contributed by atoms with E-state index in [9.17, 15) is 19.8 Å². The van der Waals surface area contributed by atoms with Crippen molar-refractivity contribution in [2.75, 3.05) is 13.2 Å². The molecule has 2 aliphatic carbocycles. The van der Waals surface area contributed by atoms with Crippen LogP contribution in [-0.4, -0.2) is 55.3 Å². The number of hydrogen-bond donors (Lipinski definition) is 2. The van der Waals surface area contributed by atoms with Crippen LogP contribution >= 0.6 is 54.5 Å². The van der Waals surface area contributed by atoms with Gasteiger partial charge in [-0.05, 0) is 146 Å². The number of aliphatic hydroxyl groups is 2. The van der Waals surface area contributed by atoms with E-state index in [4.69, 9.17) is 9.47 Å². The molecule has 4 aromatic rings. The smallest absolute Gasteiger partial charge is 0.308 e. The van der Waals surface area contributed by atoms with Gasteiger partial charge in [0.25, 0.3) is 0 Å². The van der Waals surface area contributed by atoms with E-state index >= 15 is 0 Å². The molecule has 0 aliphatic heterocycles. The molecule has 56 heavy (non-hydrogen) atoms. The Kier molecular flexibility index (Phi) is 16.6.